The molecule has 0 spiro atoms. The van der Waals surface area contributed by atoms with Gasteiger partial charge in [-0.15, -0.1) is 0 Å². The van der Waals surface area contributed by atoms with E-state index in [9.17, 15) is 9.90 Å². The first-order chi connectivity index (χ1) is 9.04. The second-order valence-electron chi connectivity index (χ2n) is 5.09. The zero-order chi connectivity index (χ0) is 13.9. The molecular formula is C14H18O5. The molecule has 0 saturated carbocycles. The second-order valence-corrected chi connectivity index (χ2v) is 5.09. The predicted molar refractivity (Wildman–Crippen MR) is 67.8 cm³/mol. The monoisotopic (exact) mass is 266 g/mol. The van der Waals surface area contributed by atoms with Gasteiger partial charge in [0.2, 0.25) is 0 Å². The molecule has 5 nitrogen and oxygen atoms in total. The molecule has 1 N–H and O–H groups in total. The lowest BCUT2D eigenvalue weighted by Gasteiger charge is -2.37. The van der Waals surface area contributed by atoms with Crippen molar-refractivity contribution in [3.63, 3.8) is 0 Å². The quantitative estimate of drug-likeness (QED) is 0.814. The molecule has 0 amide bonds. The number of carbonyl (C=O) groups excluding carboxylic acids is 1. The molecule has 1 saturated heterocycles. The standard InChI is InChI=1S/C14H18O5/c1-14(7-18-8-14)9-19-11-5-3-10(4-6-11)12(15)13(16)17-2/h3-6,12,15H,7-9H2,1-2H3. The van der Waals surface area contributed by atoms with Crippen LogP contribution in [0.5, 0.6) is 5.75 Å². The summed E-state index contributed by atoms with van der Waals surface area (Å²) in [5, 5.41) is 9.65. The highest BCUT2D eigenvalue weighted by Gasteiger charge is 2.34. The number of rotatable bonds is 5. The fraction of sp³-hybridized carbons (Fsp3) is 0.500. The summed E-state index contributed by atoms with van der Waals surface area (Å²) < 4.78 is 15.3. The highest BCUT2D eigenvalue weighted by Crippen LogP contribution is 2.28. The van der Waals surface area contributed by atoms with E-state index in [2.05, 4.69) is 11.7 Å². The van der Waals surface area contributed by atoms with Crippen LogP contribution in [0.2, 0.25) is 0 Å². The van der Waals surface area contributed by atoms with Crippen molar-refractivity contribution in [2.75, 3.05) is 26.9 Å². The van der Waals surface area contributed by atoms with E-state index in [4.69, 9.17) is 9.47 Å². The summed E-state index contributed by atoms with van der Waals surface area (Å²) in [6.45, 7) is 4.12. The third kappa shape index (κ3) is 3.24. The Morgan fingerprint density at radius 1 is 1.42 bits per heavy atom. The topological polar surface area (TPSA) is 65.0 Å². The average Bonchev–Trinajstić information content (AvgIpc) is 2.42. The minimum absolute atomic E-state index is 0.0875. The van der Waals surface area contributed by atoms with Crippen LogP contribution in [0.15, 0.2) is 24.3 Å². The van der Waals surface area contributed by atoms with Gasteiger partial charge in [-0.2, -0.15) is 0 Å². The normalized spacial score (nSPS) is 18.3. The van der Waals surface area contributed by atoms with Crippen LogP contribution in [0.4, 0.5) is 0 Å². The first-order valence-electron chi connectivity index (χ1n) is 6.10. The van der Waals surface area contributed by atoms with Crippen molar-refractivity contribution >= 4 is 5.97 Å². The maximum absolute atomic E-state index is 11.2. The largest absolute Gasteiger partial charge is 0.493 e. The smallest absolute Gasteiger partial charge is 0.339 e. The van der Waals surface area contributed by atoms with Crippen LogP contribution >= 0.6 is 0 Å². The molecule has 0 radical (unpaired) electrons. The van der Waals surface area contributed by atoms with Crippen LogP contribution in [-0.2, 0) is 14.3 Å². The first-order valence-corrected chi connectivity index (χ1v) is 6.10. The number of aliphatic hydroxyl groups is 1. The van der Waals surface area contributed by atoms with E-state index in [1.54, 1.807) is 24.3 Å². The summed E-state index contributed by atoms with van der Waals surface area (Å²) in [4.78, 5) is 11.2. The number of ether oxygens (including phenoxy) is 3. The van der Waals surface area contributed by atoms with Crippen molar-refractivity contribution in [2.24, 2.45) is 5.41 Å². The molecule has 0 aliphatic carbocycles. The molecule has 0 bridgehead atoms. The number of methoxy groups -OCH3 is 1. The van der Waals surface area contributed by atoms with Crippen LogP contribution in [0.25, 0.3) is 0 Å². The lowest BCUT2D eigenvalue weighted by Crippen LogP contribution is -2.44. The predicted octanol–water partition coefficient (Wildman–Crippen LogP) is 1.31. The van der Waals surface area contributed by atoms with E-state index in [0.717, 1.165) is 0 Å². The summed E-state index contributed by atoms with van der Waals surface area (Å²) in [7, 11) is 1.24. The van der Waals surface area contributed by atoms with Gasteiger partial charge in [-0.1, -0.05) is 19.1 Å². The summed E-state index contributed by atoms with van der Waals surface area (Å²) in [5.41, 5.74) is 0.571. The Morgan fingerprint density at radius 2 is 2.05 bits per heavy atom. The SMILES string of the molecule is COC(=O)C(O)c1ccc(OCC2(C)COC2)cc1. The summed E-state index contributed by atoms with van der Waals surface area (Å²) in [6, 6.07) is 6.75. The van der Waals surface area contributed by atoms with E-state index in [0.29, 0.717) is 31.1 Å². The number of hydrogen-bond acceptors (Lipinski definition) is 5. The van der Waals surface area contributed by atoms with Gasteiger partial charge in [0.15, 0.2) is 6.10 Å². The minimum Gasteiger partial charge on any atom is -0.493 e. The Bertz CT molecular complexity index is 436. The molecule has 2 rings (SSSR count). The Balaban J connectivity index is 1.92. The molecule has 1 aromatic rings. The van der Waals surface area contributed by atoms with E-state index in [-0.39, 0.29) is 5.41 Å². The molecular weight excluding hydrogens is 248 g/mol. The maximum Gasteiger partial charge on any atom is 0.339 e. The van der Waals surface area contributed by atoms with Gasteiger partial charge in [0.1, 0.15) is 5.75 Å². The van der Waals surface area contributed by atoms with E-state index < -0.39 is 12.1 Å². The third-order valence-electron chi connectivity index (χ3n) is 3.11. The molecule has 1 aliphatic heterocycles. The lowest BCUT2D eigenvalue weighted by atomic mass is 9.90. The number of hydrogen-bond donors (Lipinski definition) is 1. The van der Waals surface area contributed by atoms with Crippen LogP contribution in [-0.4, -0.2) is 38.0 Å². The van der Waals surface area contributed by atoms with Gasteiger partial charge in [-0.05, 0) is 17.7 Å². The summed E-state index contributed by atoms with van der Waals surface area (Å²) in [6.07, 6.45) is -1.25. The zero-order valence-corrected chi connectivity index (χ0v) is 11.1. The van der Waals surface area contributed by atoms with Gasteiger partial charge in [0.05, 0.1) is 26.9 Å². The fourth-order valence-corrected chi connectivity index (χ4v) is 1.79. The van der Waals surface area contributed by atoms with Crippen molar-refractivity contribution in [2.45, 2.75) is 13.0 Å². The minimum atomic E-state index is -1.25. The van der Waals surface area contributed by atoms with Crippen molar-refractivity contribution < 1.29 is 24.1 Å². The zero-order valence-electron chi connectivity index (χ0n) is 11.1. The molecule has 1 heterocycles. The van der Waals surface area contributed by atoms with E-state index in [1.165, 1.54) is 7.11 Å². The Morgan fingerprint density at radius 3 is 2.53 bits per heavy atom. The maximum atomic E-state index is 11.2. The molecule has 1 aliphatic rings. The first kappa shape index (κ1) is 13.8. The van der Waals surface area contributed by atoms with Gasteiger partial charge >= 0.3 is 5.97 Å². The van der Waals surface area contributed by atoms with E-state index >= 15 is 0 Å². The third-order valence-corrected chi connectivity index (χ3v) is 3.11. The number of carbonyl (C=O) groups is 1. The van der Waals surface area contributed by atoms with Crippen LogP contribution in [0.1, 0.15) is 18.6 Å². The summed E-state index contributed by atoms with van der Waals surface area (Å²) in [5.74, 6) is 0.0294. The fourth-order valence-electron chi connectivity index (χ4n) is 1.79. The summed E-state index contributed by atoms with van der Waals surface area (Å²) >= 11 is 0. The van der Waals surface area contributed by atoms with Crippen molar-refractivity contribution in [1.29, 1.82) is 0 Å². The van der Waals surface area contributed by atoms with Crippen molar-refractivity contribution in [1.82, 2.24) is 0 Å². The Hall–Kier alpha value is -1.59. The highest BCUT2D eigenvalue weighted by atomic mass is 16.5. The molecule has 1 atom stereocenters. The molecule has 104 valence electrons. The number of aliphatic hydroxyl groups excluding tert-OH is 1. The lowest BCUT2D eigenvalue weighted by molar-refractivity contribution is -0.150. The molecule has 1 fully saturated rings. The van der Waals surface area contributed by atoms with Crippen LogP contribution in [0.3, 0.4) is 0 Å². The van der Waals surface area contributed by atoms with Gasteiger partial charge in [0.25, 0.3) is 0 Å². The van der Waals surface area contributed by atoms with Gasteiger partial charge in [-0.3, -0.25) is 0 Å². The molecule has 1 aromatic carbocycles. The number of esters is 1. The molecule has 5 heteroatoms. The van der Waals surface area contributed by atoms with Crippen molar-refractivity contribution in [3.05, 3.63) is 29.8 Å². The highest BCUT2D eigenvalue weighted by molar-refractivity contribution is 5.76. The second kappa shape index (κ2) is 5.59. The van der Waals surface area contributed by atoms with E-state index in [1.807, 2.05) is 0 Å². The molecule has 1 unspecified atom stereocenters. The average molecular weight is 266 g/mol. The van der Waals surface area contributed by atoms with Crippen LogP contribution < -0.4 is 4.74 Å². The van der Waals surface area contributed by atoms with Gasteiger partial charge < -0.3 is 19.3 Å². The molecule has 0 aromatic heterocycles. The Labute approximate surface area is 112 Å². The van der Waals surface area contributed by atoms with Gasteiger partial charge in [-0.25, -0.2) is 4.79 Å². The molecule has 19 heavy (non-hydrogen) atoms. The Kier molecular flexibility index (Phi) is 4.07. The van der Waals surface area contributed by atoms with Gasteiger partial charge in [0, 0.05) is 5.41 Å². The van der Waals surface area contributed by atoms with Crippen LogP contribution in [0, 0.1) is 5.41 Å². The van der Waals surface area contributed by atoms with Crippen molar-refractivity contribution in [3.8, 4) is 5.75 Å². The number of benzene rings is 1.